The highest BCUT2D eigenvalue weighted by atomic mass is 32.2. The highest BCUT2D eigenvalue weighted by molar-refractivity contribution is 7.90. The second kappa shape index (κ2) is 6.17. The van der Waals surface area contributed by atoms with Crippen molar-refractivity contribution in [3.63, 3.8) is 0 Å². The van der Waals surface area contributed by atoms with E-state index in [1.807, 2.05) is 0 Å². The van der Waals surface area contributed by atoms with Gasteiger partial charge in [0.15, 0.2) is 0 Å². The first-order valence-electron chi connectivity index (χ1n) is 6.99. The van der Waals surface area contributed by atoms with Gasteiger partial charge in [0.05, 0.1) is 16.6 Å². The Bertz CT molecular complexity index is 1020. The standard InChI is InChI=1S/C16H14N4O3S/c17-16(21)19-18-10-12-11-20(15-9-5-4-8-14(12)15)24(22,23)13-6-2-1-3-7-13/h1-11H,(H3,17,19,21)/b18-10-. The third-order valence-electron chi connectivity index (χ3n) is 3.39. The summed E-state index contributed by atoms with van der Waals surface area (Å²) in [5.41, 5.74) is 8.10. The van der Waals surface area contributed by atoms with Crippen LogP contribution in [0, 0.1) is 0 Å². The fourth-order valence-corrected chi connectivity index (χ4v) is 3.75. The Morgan fingerprint density at radius 1 is 1.08 bits per heavy atom. The van der Waals surface area contributed by atoms with Gasteiger partial charge < -0.3 is 5.73 Å². The molecule has 24 heavy (non-hydrogen) atoms. The Labute approximate surface area is 138 Å². The number of carbonyl (C=O) groups is 1. The van der Waals surface area contributed by atoms with Crippen LogP contribution in [0.2, 0.25) is 0 Å². The Balaban J connectivity index is 2.16. The van der Waals surface area contributed by atoms with Crippen LogP contribution < -0.4 is 11.2 Å². The topological polar surface area (TPSA) is 107 Å². The van der Waals surface area contributed by atoms with Gasteiger partial charge in [-0.05, 0) is 18.2 Å². The van der Waals surface area contributed by atoms with E-state index in [2.05, 4.69) is 10.5 Å². The lowest BCUT2D eigenvalue weighted by atomic mass is 10.2. The summed E-state index contributed by atoms with van der Waals surface area (Å²) in [5.74, 6) is 0. The number of nitrogens with two attached hydrogens (primary N) is 1. The third kappa shape index (κ3) is 2.86. The van der Waals surface area contributed by atoms with Crippen LogP contribution in [0.5, 0.6) is 0 Å². The molecule has 0 saturated carbocycles. The first-order valence-corrected chi connectivity index (χ1v) is 8.43. The van der Waals surface area contributed by atoms with Crippen molar-refractivity contribution < 1.29 is 13.2 Å². The van der Waals surface area contributed by atoms with Gasteiger partial charge in [-0.15, -0.1) is 0 Å². The molecule has 122 valence electrons. The average Bonchev–Trinajstić information content (AvgIpc) is 2.95. The molecule has 0 fully saturated rings. The van der Waals surface area contributed by atoms with Crippen LogP contribution in [0.25, 0.3) is 10.9 Å². The monoisotopic (exact) mass is 342 g/mol. The van der Waals surface area contributed by atoms with E-state index in [-0.39, 0.29) is 4.90 Å². The Morgan fingerprint density at radius 3 is 2.46 bits per heavy atom. The summed E-state index contributed by atoms with van der Waals surface area (Å²) in [6, 6.07) is 14.4. The van der Waals surface area contributed by atoms with E-state index in [9.17, 15) is 13.2 Å². The Hall–Kier alpha value is -3.13. The first-order chi connectivity index (χ1) is 11.5. The van der Waals surface area contributed by atoms with Crippen molar-refractivity contribution in [2.45, 2.75) is 4.90 Å². The smallest absolute Gasteiger partial charge is 0.332 e. The lowest BCUT2D eigenvalue weighted by molar-refractivity contribution is 0.249. The molecule has 0 radical (unpaired) electrons. The summed E-state index contributed by atoms with van der Waals surface area (Å²) in [7, 11) is -3.74. The predicted octanol–water partition coefficient (Wildman–Crippen LogP) is 1.88. The van der Waals surface area contributed by atoms with Gasteiger partial charge in [-0.3, -0.25) is 0 Å². The number of hydrogen-bond acceptors (Lipinski definition) is 4. The van der Waals surface area contributed by atoms with E-state index >= 15 is 0 Å². The summed E-state index contributed by atoms with van der Waals surface area (Å²) in [5, 5.41) is 4.39. The van der Waals surface area contributed by atoms with Crippen molar-refractivity contribution in [1.82, 2.24) is 9.40 Å². The van der Waals surface area contributed by atoms with Crippen molar-refractivity contribution in [2.75, 3.05) is 0 Å². The molecule has 3 N–H and O–H groups in total. The van der Waals surface area contributed by atoms with Crippen LogP contribution >= 0.6 is 0 Å². The van der Waals surface area contributed by atoms with Crippen LogP contribution in [0.15, 0.2) is 70.8 Å². The number of benzene rings is 2. The number of urea groups is 1. The van der Waals surface area contributed by atoms with Gasteiger partial charge in [0.2, 0.25) is 0 Å². The molecule has 8 heteroatoms. The van der Waals surface area contributed by atoms with Gasteiger partial charge in [-0.25, -0.2) is 22.6 Å². The predicted molar refractivity (Wildman–Crippen MR) is 91.3 cm³/mol. The number of para-hydroxylation sites is 1. The number of carbonyl (C=O) groups excluding carboxylic acids is 1. The van der Waals surface area contributed by atoms with Crippen molar-refractivity contribution in [1.29, 1.82) is 0 Å². The van der Waals surface area contributed by atoms with Gasteiger partial charge in [0.1, 0.15) is 0 Å². The molecule has 3 aromatic rings. The maximum absolute atomic E-state index is 12.9. The van der Waals surface area contributed by atoms with Gasteiger partial charge >= 0.3 is 6.03 Å². The van der Waals surface area contributed by atoms with Crippen LogP contribution in [-0.2, 0) is 10.0 Å². The Kier molecular flexibility index (Phi) is 4.05. The van der Waals surface area contributed by atoms with E-state index in [1.165, 1.54) is 28.5 Å². The van der Waals surface area contributed by atoms with E-state index in [4.69, 9.17) is 5.73 Å². The molecule has 0 bridgehead atoms. The van der Waals surface area contributed by atoms with Gasteiger partial charge in [0, 0.05) is 17.1 Å². The molecule has 1 aromatic heterocycles. The van der Waals surface area contributed by atoms with E-state index in [0.29, 0.717) is 16.5 Å². The lowest BCUT2D eigenvalue weighted by Crippen LogP contribution is -2.24. The molecular weight excluding hydrogens is 328 g/mol. The zero-order valence-corrected chi connectivity index (χ0v) is 13.3. The minimum absolute atomic E-state index is 0.185. The molecule has 0 aliphatic heterocycles. The summed E-state index contributed by atoms with van der Waals surface area (Å²) in [6.45, 7) is 0. The average molecular weight is 342 g/mol. The first kappa shape index (κ1) is 15.8. The molecule has 0 aliphatic carbocycles. The zero-order chi connectivity index (χ0) is 17.2. The molecule has 7 nitrogen and oxygen atoms in total. The van der Waals surface area contributed by atoms with Crippen molar-refractivity contribution >= 4 is 33.2 Å². The third-order valence-corrected chi connectivity index (χ3v) is 5.08. The molecule has 0 aliphatic rings. The number of rotatable bonds is 4. The van der Waals surface area contributed by atoms with E-state index in [1.54, 1.807) is 42.5 Å². The maximum Gasteiger partial charge on any atom is 0.332 e. The largest absolute Gasteiger partial charge is 0.350 e. The number of primary amides is 1. The fourth-order valence-electron chi connectivity index (χ4n) is 2.35. The molecule has 0 spiro atoms. The van der Waals surface area contributed by atoms with Crippen molar-refractivity contribution in [2.24, 2.45) is 10.8 Å². The highest BCUT2D eigenvalue weighted by Crippen LogP contribution is 2.24. The number of nitrogens with one attached hydrogen (secondary N) is 1. The minimum atomic E-state index is -3.74. The molecule has 0 saturated heterocycles. The van der Waals surface area contributed by atoms with Crippen LogP contribution in [0.4, 0.5) is 4.79 Å². The molecule has 3 rings (SSSR count). The molecular formula is C16H14N4O3S. The minimum Gasteiger partial charge on any atom is -0.350 e. The van der Waals surface area contributed by atoms with Gasteiger partial charge in [0.25, 0.3) is 10.0 Å². The van der Waals surface area contributed by atoms with Crippen LogP contribution in [-0.4, -0.2) is 24.6 Å². The second-order valence-electron chi connectivity index (χ2n) is 4.95. The van der Waals surface area contributed by atoms with Gasteiger partial charge in [-0.1, -0.05) is 36.4 Å². The lowest BCUT2D eigenvalue weighted by Gasteiger charge is -2.07. The SMILES string of the molecule is NC(=O)N/N=C\c1cn(S(=O)(=O)c2ccccc2)c2ccccc12. The molecule has 0 unspecified atom stereocenters. The zero-order valence-electron chi connectivity index (χ0n) is 12.5. The van der Waals surface area contributed by atoms with Crippen LogP contribution in [0.1, 0.15) is 5.56 Å². The number of hydrogen-bond donors (Lipinski definition) is 2. The fraction of sp³-hybridized carbons (Fsp3) is 0. The summed E-state index contributed by atoms with van der Waals surface area (Å²) in [6.07, 6.45) is 2.81. The molecule has 2 amide bonds. The van der Waals surface area contributed by atoms with E-state index in [0.717, 1.165) is 0 Å². The Morgan fingerprint density at radius 2 is 1.75 bits per heavy atom. The normalized spacial score (nSPS) is 11.8. The number of amides is 2. The summed E-state index contributed by atoms with van der Waals surface area (Å²) in [4.78, 5) is 10.9. The second-order valence-corrected chi connectivity index (χ2v) is 6.76. The summed E-state index contributed by atoms with van der Waals surface area (Å²) < 4.78 is 26.9. The van der Waals surface area contributed by atoms with Crippen LogP contribution in [0.3, 0.4) is 0 Å². The highest BCUT2D eigenvalue weighted by Gasteiger charge is 2.20. The van der Waals surface area contributed by atoms with E-state index < -0.39 is 16.1 Å². The number of aromatic nitrogens is 1. The molecule has 1 heterocycles. The number of hydrazone groups is 1. The quantitative estimate of drug-likeness (QED) is 0.558. The maximum atomic E-state index is 12.9. The summed E-state index contributed by atoms with van der Waals surface area (Å²) >= 11 is 0. The van der Waals surface area contributed by atoms with Crippen molar-refractivity contribution in [3.05, 3.63) is 66.4 Å². The number of fused-ring (bicyclic) bond motifs is 1. The van der Waals surface area contributed by atoms with Crippen molar-refractivity contribution in [3.8, 4) is 0 Å². The van der Waals surface area contributed by atoms with Gasteiger partial charge in [-0.2, -0.15) is 5.10 Å². The molecule has 0 atom stereocenters. The number of nitrogens with zero attached hydrogens (tertiary/aromatic N) is 2. The molecule has 2 aromatic carbocycles.